The molecule has 8 nitrogen and oxygen atoms in total. The summed E-state index contributed by atoms with van der Waals surface area (Å²) in [6.07, 6.45) is 0. The van der Waals surface area contributed by atoms with Crippen LogP contribution >= 0.6 is 11.6 Å². The van der Waals surface area contributed by atoms with Crippen LogP contribution in [0.5, 0.6) is 0 Å². The highest BCUT2D eigenvalue weighted by molar-refractivity contribution is 7.92. The molecule has 10 heteroatoms. The Hall–Kier alpha value is -2.65. The summed E-state index contributed by atoms with van der Waals surface area (Å²) < 4.78 is 26.3. The van der Waals surface area contributed by atoms with Crippen molar-refractivity contribution in [3.63, 3.8) is 0 Å². The lowest BCUT2D eigenvalue weighted by Crippen LogP contribution is -2.35. The number of carbonyl (C=O) groups is 1. The number of rotatable bonds is 6. The molecule has 0 radical (unpaired) electrons. The first-order valence-corrected chi connectivity index (χ1v) is 8.70. The summed E-state index contributed by atoms with van der Waals surface area (Å²) in [5.41, 5.74) is 0.506. The van der Waals surface area contributed by atoms with Crippen molar-refractivity contribution in [1.82, 2.24) is 0 Å². The van der Waals surface area contributed by atoms with Gasteiger partial charge in [0.15, 0.2) is 0 Å². The summed E-state index contributed by atoms with van der Waals surface area (Å²) in [6, 6.07) is 8.53. The fourth-order valence-corrected chi connectivity index (χ4v) is 3.62. The molecular weight excluding hydrogens is 372 g/mol. The van der Waals surface area contributed by atoms with Crippen molar-refractivity contribution in [2.45, 2.75) is 11.8 Å². The van der Waals surface area contributed by atoms with E-state index in [2.05, 4.69) is 0 Å². The Morgan fingerprint density at radius 3 is 2.32 bits per heavy atom. The second-order valence-electron chi connectivity index (χ2n) is 5.09. The van der Waals surface area contributed by atoms with E-state index in [0.29, 0.717) is 9.87 Å². The van der Waals surface area contributed by atoms with Crippen LogP contribution in [0.15, 0.2) is 47.4 Å². The molecule has 2 aromatic carbocycles. The summed E-state index contributed by atoms with van der Waals surface area (Å²) in [4.78, 5) is 20.9. The van der Waals surface area contributed by atoms with Crippen LogP contribution in [0.25, 0.3) is 0 Å². The molecule has 0 aliphatic rings. The Kier molecular flexibility index (Phi) is 5.29. The van der Waals surface area contributed by atoms with Crippen molar-refractivity contribution >= 4 is 39.0 Å². The van der Waals surface area contributed by atoms with Crippen LogP contribution in [0.4, 0.5) is 11.4 Å². The molecule has 0 bridgehead atoms. The molecule has 0 aliphatic heterocycles. The Morgan fingerprint density at radius 2 is 1.84 bits per heavy atom. The number of carboxylic acid groups (broad SMARTS) is 1. The maximum Gasteiger partial charge on any atom is 0.324 e. The Labute approximate surface area is 148 Å². The highest BCUT2D eigenvalue weighted by atomic mass is 35.5. The van der Waals surface area contributed by atoms with Crippen LogP contribution in [0, 0.1) is 17.0 Å². The minimum Gasteiger partial charge on any atom is -0.480 e. The molecule has 2 rings (SSSR count). The third-order valence-electron chi connectivity index (χ3n) is 3.36. The van der Waals surface area contributed by atoms with Gasteiger partial charge in [0.25, 0.3) is 15.7 Å². The smallest absolute Gasteiger partial charge is 0.324 e. The minimum atomic E-state index is -4.25. The number of nitro groups is 1. The van der Waals surface area contributed by atoms with E-state index in [1.807, 2.05) is 0 Å². The van der Waals surface area contributed by atoms with E-state index in [-0.39, 0.29) is 21.3 Å². The number of benzene rings is 2. The van der Waals surface area contributed by atoms with Gasteiger partial charge in [-0.2, -0.15) is 0 Å². The lowest BCUT2D eigenvalue weighted by atomic mass is 10.2. The Balaban J connectivity index is 2.53. The van der Waals surface area contributed by atoms with Crippen LogP contribution in [0.2, 0.25) is 5.02 Å². The number of anilines is 1. The number of aliphatic carboxylic acids is 1. The Bertz CT molecular complexity index is 928. The molecule has 0 amide bonds. The van der Waals surface area contributed by atoms with Gasteiger partial charge in [0.1, 0.15) is 6.54 Å². The summed E-state index contributed by atoms with van der Waals surface area (Å²) in [5, 5.41) is 20.0. The molecule has 0 saturated carbocycles. The first-order chi connectivity index (χ1) is 11.6. The van der Waals surface area contributed by atoms with Crippen LogP contribution in [-0.4, -0.2) is 31.0 Å². The topological polar surface area (TPSA) is 118 Å². The molecular formula is C15H13ClN2O6S. The fourth-order valence-electron chi connectivity index (χ4n) is 2.04. The van der Waals surface area contributed by atoms with Gasteiger partial charge in [-0.25, -0.2) is 8.42 Å². The minimum absolute atomic E-state index is 0.0800. The van der Waals surface area contributed by atoms with Crippen LogP contribution in [0.1, 0.15) is 5.56 Å². The maximum atomic E-state index is 12.8. The molecule has 1 N–H and O–H groups in total. The number of nitro benzene ring substituents is 1. The molecule has 0 fully saturated rings. The van der Waals surface area contributed by atoms with Gasteiger partial charge < -0.3 is 5.11 Å². The molecule has 25 heavy (non-hydrogen) atoms. The molecule has 0 atom stereocenters. The second-order valence-corrected chi connectivity index (χ2v) is 7.36. The first-order valence-electron chi connectivity index (χ1n) is 6.88. The fraction of sp³-hybridized carbons (Fsp3) is 0.133. The van der Waals surface area contributed by atoms with Gasteiger partial charge in [-0.15, -0.1) is 0 Å². The van der Waals surface area contributed by atoms with E-state index in [1.54, 1.807) is 13.0 Å². The zero-order valence-electron chi connectivity index (χ0n) is 12.9. The van der Waals surface area contributed by atoms with E-state index < -0.39 is 27.5 Å². The van der Waals surface area contributed by atoms with Crippen LogP contribution in [-0.2, 0) is 14.8 Å². The van der Waals surface area contributed by atoms with E-state index in [0.717, 1.165) is 24.3 Å². The summed E-state index contributed by atoms with van der Waals surface area (Å²) >= 11 is 6.00. The third-order valence-corrected chi connectivity index (χ3v) is 5.55. The predicted molar refractivity (Wildman–Crippen MR) is 91.5 cm³/mol. The van der Waals surface area contributed by atoms with E-state index in [1.165, 1.54) is 12.1 Å². The van der Waals surface area contributed by atoms with Gasteiger partial charge in [-0.1, -0.05) is 17.7 Å². The lowest BCUT2D eigenvalue weighted by Gasteiger charge is -2.23. The van der Waals surface area contributed by atoms with Crippen molar-refractivity contribution in [3.05, 3.63) is 63.2 Å². The number of nitrogens with zero attached hydrogens (tertiary/aromatic N) is 2. The number of aryl methyl sites for hydroxylation is 1. The monoisotopic (exact) mass is 384 g/mol. The van der Waals surface area contributed by atoms with Gasteiger partial charge >= 0.3 is 5.97 Å². The molecule has 0 aromatic heterocycles. The Morgan fingerprint density at radius 1 is 1.24 bits per heavy atom. The quantitative estimate of drug-likeness (QED) is 0.604. The highest BCUT2D eigenvalue weighted by Gasteiger charge is 2.28. The summed E-state index contributed by atoms with van der Waals surface area (Å²) in [7, 11) is -4.25. The van der Waals surface area contributed by atoms with Crippen molar-refractivity contribution in [2.24, 2.45) is 0 Å². The van der Waals surface area contributed by atoms with Gasteiger partial charge in [-0.05, 0) is 36.8 Å². The second kappa shape index (κ2) is 7.08. The lowest BCUT2D eigenvalue weighted by molar-refractivity contribution is -0.384. The number of halogens is 1. The molecule has 0 unspecified atom stereocenters. The zero-order chi connectivity index (χ0) is 18.8. The molecule has 0 saturated heterocycles. The van der Waals surface area contributed by atoms with Crippen molar-refractivity contribution in [1.29, 1.82) is 0 Å². The third kappa shape index (κ3) is 4.06. The average Bonchev–Trinajstić information content (AvgIpc) is 2.55. The SMILES string of the molecule is Cc1ccc(N(CC(=O)O)S(=O)(=O)c2ccc([N+](=O)[O-])cc2)cc1Cl. The van der Waals surface area contributed by atoms with Crippen LogP contribution in [0.3, 0.4) is 0 Å². The predicted octanol–water partition coefficient (Wildman–Crippen LogP) is 2.84. The van der Waals surface area contributed by atoms with E-state index in [4.69, 9.17) is 16.7 Å². The van der Waals surface area contributed by atoms with Gasteiger partial charge in [-0.3, -0.25) is 19.2 Å². The number of hydrogen-bond acceptors (Lipinski definition) is 5. The summed E-state index contributed by atoms with van der Waals surface area (Å²) in [5.74, 6) is -1.36. The molecule has 0 aliphatic carbocycles. The van der Waals surface area contributed by atoms with E-state index >= 15 is 0 Å². The molecule has 2 aromatic rings. The van der Waals surface area contributed by atoms with Gasteiger partial charge in [0, 0.05) is 17.2 Å². The standard InChI is InChI=1S/C15H13ClN2O6S/c1-10-2-3-12(8-14(10)16)17(9-15(19)20)25(23,24)13-6-4-11(5-7-13)18(21)22/h2-8H,9H2,1H3,(H,19,20). The zero-order valence-corrected chi connectivity index (χ0v) is 14.5. The van der Waals surface area contributed by atoms with Crippen molar-refractivity contribution in [2.75, 3.05) is 10.8 Å². The van der Waals surface area contributed by atoms with Crippen molar-refractivity contribution in [3.8, 4) is 0 Å². The number of carboxylic acids is 1. The molecule has 0 spiro atoms. The normalized spacial score (nSPS) is 11.1. The number of sulfonamides is 1. The largest absolute Gasteiger partial charge is 0.480 e. The van der Waals surface area contributed by atoms with Gasteiger partial charge in [0.2, 0.25) is 0 Å². The number of non-ortho nitro benzene ring substituents is 1. The average molecular weight is 385 g/mol. The van der Waals surface area contributed by atoms with Gasteiger partial charge in [0.05, 0.1) is 15.5 Å². The maximum absolute atomic E-state index is 12.8. The summed E-state index contributed by atoms with van der Waals surface area (Å²) in [6.45, 7) is 0.900. The first kappa shape index (κ1) is 18.7. The number of hydrogen-bond donors (Lipinski definition) is 1. The molecule has 132 valence electrons. The van der Waals surface area contributed by atoms with E-state index in [9.17, 15) is 23.3 Å². The van der Waals surface area contributed by atoms with Crippen LogP contribution < -0.4 is 4.31 Å². The highest BCUT2D eigenvalue weighted by Crippen LogP contribution is 2.28. The molecule has 0 heterocycles. The van der Waals surface area contributed by atoms with Crippen molar-refractivity contribution < 1.29 is 23.2 Å².